The first kappa shape index (κ1) is 20.6. The minimum absolute atomic E-state index is 0.298. The molecule has 1 aliphatic carbocycles. The van der Waals surface area contributed by atoms with Gasteiger partial charge < -0.3 is 4.74 Å². The van der Waals surface area contributed by atoms with Gasteiger partial charge in [-0.2, -0.15) is 17.6 Å². The average molecular weight is 370 g/mol. The van der Waals surface area contributed by atoms with Crippen molar-refractivity contribution in [1.82, 2.24) is 0 Å². The molecule has 0 heterocycles. The highest BCUT2D eigenvalue weighted by Crippen LogP contribution is 2.32. The number of hydrogen-bond donors (Lipinski definition) is 0. The Hall–Kier alpha value is -1.70. The third kappa shape index (κ3) is 6.55. The van der Waals surface area contributed by atoms with Gasteiger partial charge in [0, 0.05) is 11.5 Å². The van der Waals surface area contributed by atoms with Crippen molar-refractivity contribution in [2.45, 2.75) is 70.8 Å². The zero-order valence-electron chi connectivity index (χ0n) is 15.1. The summed E-state index contributed by atoms with van der Waals surface area (Å²) < 4.78 is 54.0. The highest BCUT2D eigenvalue weighted by molar-refractivity contribution is 5.38. The maximum absolute atomic E-state index is 12.9. The summed E-state index contributed by atoms with van der Waals surface area (Å²) in [5.41, 5.74) is 0.669. The summed E-state index contributed by atoms with van der Waals surface area (Å²) in [6, 6.07) is 5.51. The average Bonchev–Trinajstić information content (AvgIpc) is 2.62. The maximum Gasteiger partial charge on any atom is 0.461 e. The van der Waals surface area contributed by atoms with Gasteiger partial charge in [-0.25, -0.2) is 0 Å². The minimum Gasteiger partial charge on any atom is -0.428 e. The Morgan fingerprint density at radius 2 is 1.73 bits per heavy atom. The summed E-state index contributed by atoms with van der Waals surface area (Å²) in [7, 11) is 0. The van der Waals surface area contributed by atoms with E-state index in [2.05, 4.69) is 23.5 Å². The number of unbranched alkanes of at least 4 members (excludes halogenated alkanes) is 2. The number of halogens is 4. The quantitative estimate of drug-likeness (QED) is 0.296. The molecule has 0 spiro atoms. The van der Waals surface area contributed by atoms with Crippen LogP contribution >= 0.6 is 0 Å². The number of rotatable bonds is 7. The van der Waals surface area contributed by atoms with Crippen molar-refractivity contribution >= 4 is 0 Å². The molecule has 1 saturated carbocycles. The lowest BCUT2D eigenvalue weighted by molar-refractivity contribution is -0.253. The Labute approximate surface area is 153 Å². The molecule has 144 valence electrons. The fraction of sp³-hybridized carbons (Fsp3) is 0.619. The molecule has 1 aromatic carbocycles. The van der Waals surface area contributed by atoms with Gasteiger partial charge in [0.25, 0.3) is 0 Å². The van der Waals surface area contributed by atoms with Crippen molar-refractivity contribution in [3.05, 3.63) is 29.8 Å². The van der Waals surface area contributed by atoms with Crippen molar-refractivity contribution in [2.24, 2.45) is 11.8 Å². The highest BCUT2D eigenvalue weighted by Gasteiger charge is 2.43. The predicted molar refractivity (Wildman–Crippen MR) is 94.5 cm³/mol. The number of benzene rings is 1. The van der Waals surface area contributed by atoms with E-state index in [0.29, 0.717) is 11.5 Å². The maximum atomic E-state index is 12.9. The second kappa shape index (κ2) is 9.85. The van der Waals surface area contributed by atoms with E-state index in [1.165, 1.54) is 62.8 Å². The topological polar surface area (TPSA) is 9.23 Å². The van der Waals surface area contributed by atoms with E-state index in [-0.39, 0.29) is 5.75 Å². The second-order valence-corrected chi connectivity index (χ2v) is 6.97. The third-order valence-electron chi connectivity index (χ3n) is 4.85. The lowest BCUT2D eigenvalue weighted by atomic mass is 9.80. The summed E-state index contributed by atoms with van der Waals surface area (Å²) in [4.78, 5) is 0. The summed E-state index contributed by atoms with van der Waals surface area (Å²) in [6.07, 6.45) is 1.50. The lowest BCUT2D eigenvalue weighted by Crippen LogP contribution is -2.33. The molecule has 0 bridgehead atoms. The lowest BCUT2D eigenvalue weighted by Gasteiger charge is -2.25. The van der Waals surface area contributed by atoms with E-state index >= 15 is 0 Å². The van der Waals surface area contributed by atoms with Crippen LogP contribution in [0.3, 0.4) is 0 Å². The zero-order valence-corrected chi connectivity index (χ0v) is 15.1. The van der Waals surface area contributed by atoms with Crippen molar-refractivity contribution in [3.63, 3.8) is 0 Å². The van der Waals surface area contributed by atoms with Crippen molar-refractivity contribution in [3.8, 4) is 17.6 Å². The van der Waals surface area contributed by atoms with E-state index < -0.39 is 12.5 Å². The van der Waals surface area contributed by atoms with Crippen LogP contribution in [0.4, 0.5) is 17.6 Å². The molecule has 1 aromatic rings. The predicted octanol–water partition coefficient (Wildman–Crippen LogP) is 6.66. The molecule has 1 fully saturated rings. The largest absolute Gasteiger partial charge is 0.461 e. The van der Waals surface area contributed by atoms with E-state index in [9.17, 15) is 17.6 Å². The Balaban J connectivity index is 1.82. The van der Waals surface area contributed by atoms with Crippen molar-refractivity contribution < 1.29 is 22.3 Å². The summed E-state index contributed by atoms with van der Waals surface area (Å²) in [5.74, 6) is 7.21. The smallest absolute Gasteiger partial charge is 0.428 e. The summed E-state index contributed by atoms with van der Waals surface area (Å²) >= 11 is 0. The fourth-order valence-corrected chi connectivity index (χ4v) is 3.27. The van der Waals surface area contributed by atoms with E-state index in [1.807, 2.05) is 0 Å². The Morgan fingerprint density at radius 3 is 2.31 bits per heavy atom. The minimum atomic E-state index is -4.48. The SMILES string of the molecule is CCCCCC1CCC(C#Cc2ccc(OC(F)(F)C(F)F)cc2)CC1. The Kier molecular flexibility index (Phi) is 7.81. The summed E-state index contributed by atoms with van der Waals surface area (Å²) in [6.45, 7) is 2.22. The highest BCUT2D eigenvalue weighted by atomic mass is 19.3. The third-order valence-corrected chi connectivity index (χ3v) is 4.85. The van der Waals surface area contributed by atoms with Gasteiger partial charge in [-0.1, -0.05) is 44.4 Å². The molecule has 5 heteroatoms. The monoisotopic (exact) mass is 370 g/mol. The van der Waals surface area contributed by atoms with Gasteiger partial charge in [-0.05, 0) is 55.9 Å². The van der Waals surface area contributed by atoms with Crippen LogP contribution in [-0.4, -0.2) is 12.5 Å². The summed E-state index contributed by atoms with van der Waals surface area (Å²) in [5, 5.41) is 0. The first-order valence-corrected chi connectivity index (χ1v) is 9.37. The molecule has 0 aliphatic heterocycles. The zero-order chi connectivity index (χ0) is 19.0. The fourth-order valence-electron chi connectivity index (χ4n) is 3.27. The van der Waals surface area contributed by atoms with Gasteiger partial charge in [0.2, 0.25) is 0 Å². The Bertz CT molecular complexity index is 593. The molecule has 1 nitrogen and oxygen atoms in total. The molecular formula is C21H26F4O. The van der Waals surface area contributed by atoms with Gasteiger partial charge >= 0.3 is 12.5 Å². The molecule has 26 heavy (non-hydrogen) atoms. The van der Waals surface area contributed by atoms with Gasteiger partial charge in [-0.15, -0.1) is 0 Å². The molecule has 2 rings (SSSR count). The molecule has 0 amide bonds. The number of ether oxygens (including phenoxy) is 1. The molecule has 0 atom stereocenters. The number of alkyl halides is 4. The molecule has 0 saturated heterocycles. The van der Waals surface area contributed by atoms with Crippen LogP contribution < -0.4 is 4.74 Å². The van der Waals surface area contributed by atoms with E-state index in [1.54, 1.807) is 0 Å². The van der Waals surface area contributed by atoms with Crippen LogP contribution in [0.2, 0.25) is 0 Å². The van der Waals surface area contributed by atoms with Crippen LogP contribution in [0, 0.1) is 23.7 Å². The van der Waals surface area contributed by atoms with E-state index in [4.69, 9.17) is 0 Å². The normalized spacial score (nSPS) is 20.5. The molecule has 0 radical (unpaired) electrons. The molecular weight excluding hydrogens is 344 g/mol. The van der Waals surface area contributed by atoms with Gasteiger partial charge in [0.05, 0.1) is 0 Å². The van der Waals surface area contributed by atoms with Crippen LogP contribution in [0.1, 0.15) is 63.9 Å². The molecule has 0 N–H and O–H groups in total. The first-order valence-electron chi connectivity index (χ1n) is 9.37. The first-order chi connectivity index (χ1) is 12.4. The van der Waals surface area contributed by atoms with Crippen LogP contribution in [0.5, 0.6) is 5.75 Å². The van der Waals surface area contributed by atoms with Crippen LogP contribution in [0.15, 0.2) is 24.3 Å². The van der Waals surface area contributed by atoms with E-state index in [0.717, 1.165) is 18.8 Å². The second-order valence-electron chi connectivity index (χ2n) is 6.97. The Morgan fingerprint density at radius 1 is 1.08 bits per heavy atom. The van der Waals surface area contributed by atoms with Gasteiger partial charge in [0.15, 0.2) is 0 Å². The van der Waals surface area contributed by atoms with Crippen LogP contribution in [0.25, 0.3) is 0 Å². The standard InChI is InChI=1S/C21H26F4O/c1-2-3-4-5-16-6-8-17(9-7-16)10-11-18-12-14-19(15-13-18)26-21(24,25)20(22)23/h12-17,20H,2-9H2,1H3. The van der Waals surface area contributed by atoms with Crippen LogP contribution in [-0.2, 0) is 0 Å². The van der Waals surface area contributed by atoms with Crippen molar-refractivity contribution in [2.75, 3.05) is 0 Å². The molecule has 0 unspecified atom stereocenters. The molecule has 0 aromatic heterocycles. The van der Waals surface area contributed by atoms with Gasteiger partial charge in [-0.3, -0.25) is 0 Å². The van der Waals surface area contributed by atoms with Crippen molar-refractivity contribution in [1.29, 1.82) is 0 Å². The molecule has 1 aliphatic rings. The van der Waals surface area contributed by atoms with Gasteiger partial charge in [0.1, 0.15) is 5.75 Å². The number of hydrogen-bond acceptors (Lipinski definition) is 1.